The standard InChI is InChI=1S/C13H8BrFINO/c14-9-5-8(13(18)12(16)6-9)7-17-11-3-1-10(15)2-4-11/h1-7,18H. The molecule has 92 valence electrons. The topological polar surface area (TPSA) is 32.6 Å². The highest BCUT2D eigenvalue weighted by Crippen LogP contribution is 2.27. The van der Waals surface area contributed by atoms with E-state index in [4.69, 9.17) is 0 Å². The smallest absolute Gasteiger partial charge is 0.137 e. The average Bonchev–Trinajstić information content (AvgIpc) is 2.34. The Labute approximate surface area is 126 Å². The third-order valence-corrected chi connectivity index (χ3v) is 3.52. The highest BCUT2D eigenvalue weighted by molar-refractivity contribution is 14.1. The Morgan fingerprint density at radius 1 is 1.22 bits per heavy atom. The molecule has 5 heteroatoms. The molecule has 0 amide bonds. The zero-order valence-corrected chi connectivity index (χ0v) is 12.8. The molecule has 0 saturated carbocycles. The van der Waals surface area contributed by atoms with E-state index in [1.165, 1.54) is 12.1 Å². The zero-order valence-electron chi connectivity index (χ0n) is 9.07. The van der Waals surface area contributed by atoms with Crippen molar-refractivity contribution in [3.05, 3.63) is 55.8 Å². The fraction of sp³-hybridized carbons (Fsp3) is 0. The number of aliphatic imine (C=N–C) groups is 1. The Kier molecular flexibility index (Phi) is 4.34. The number of nitrogens with zero attached hydrogens (tertiary/aromatic N) is 1. The van der Waals surface area contributed by atoms with Gasteiger partial charge in [-0.15, -0.1) is 0 Å². The minimum absolute atomic E-state index is 0.185. The van der Waals surface area contributed by atoms with E-state index in [0.29, 0.717) is 11.3 Å². The molecule has 0 fully saturated rings. The second-order valence-electron chi connectivity index (χ2n) is 3.56. The van der Waals surface area contributed by atoms with Crippen LogP contribution in [0.2, 0.25) is 0 Å². The largest absolute Gasteiger partial charge is 0.506 e. The molecule has 0 aliphatic rings. The molecule has 2 aromatic carbocycles. The van der Waals surface area contributed by atoms with E-state index in [1.54, 1.807) is 24.4 Å². The van der Waals surface area contributed by atoms with Gasteiger partial charge in [-0.25, -0.2) is 4.39 Å². The maximum Gasteiger partial charge on any atom is 0.137 e. The predicted octanol–water partition coefficient (Wildman–Crippen LogP) is 4.65. The summed E-state index contributed by atoms with van der Waals surface area (Å²) in [5.41, 5.74) is 1.24. The van der Waals surface area contributed by atoms with Gasteiger partial charge in [0.15, 0.2) is 0 Å². The van der Waals surface area contributed by atoms with Gasteiger partial charge >= 0.3 is 0 Å². The number of benzene rings is 2. The molecule has 0 heterocycles. The number of phenols is 1. The van der Waals surface area contributed by atoms with Crippen molar-refractivity contribution in [2.45, 2.75) is 0 Å². The quantitative estimate of drug-likeness (QED) is 0.557. The Morgan fingerprint density at radius 3 is 2.56 bits per heavy atom. The summed E-state index contributed by atoms with van der Waals surface area (Å²) < 4.78 is 14.3. The highest BCUT2D eigenvalue weighted by atomic mass is 127. The van der Waals surface area contributed by atoms with Gasteiger partial charge in [-0.1, -0.05) is 15.9 Å². The lowest BCUT2D eigenvalue weighted by Gasteiger charge is -2.02. The van der Waals surface area contributed by atoms with Crippen LogP contribution in [0.3, 0.4) is 0 Å². The van der Waals surface area contributed by atoms with E-state index < -0.39 is 0 Å². The van der Waals surface area contributed by atoms with Crippen molar-refractivity contribution in [1.82, 2.24) is 0 Å². The second-order valence-corrected chi connectivity index (χ2v) is 5.64. The monoisotopic (exact) mass is 419 g/mol. The molecular formula is C13H8BrFINO. The summed E-state index contributed by atoms with van der Waals surface area (Å²) in [5.74, 6) is -0.113. The van der Waals surface area contributed by atoms with E-state index in [9.17, 15) is 9.50 Å². The first-order chi connectivity index (χ1) is 8.56. The van der Waals surface area contributed by atoms with Crippen molar-refractivity contribution >= 4 is 50.4 Å². The molecule has 2 nitrogen and oxygen atoms in total. The summed E-state index contributed by atoms with van der Waals surface area (Å²) in [6.07, 6.45) is 1.55. The molecule has 0 unspecified atom stereocenters. The molecule has 18 heavy (non-hydrogen) atoms. The van der Waals surface area contributed by atoms with Crippen LogP contribution in [0, 0.1) is 9.39 Å². The summed E-state index contributed by atoms with van der Waals surface area (Å²) in [6, 6.07) is 9.42. The molecule has 0 aliphatic carbocycles. The van der Waals surface area contributed by atoms with Crippen LogP contribution in [-0.2, 0) is 0 Å². The first-order valence-electron chi connectivity index (χ1n) is 5.04. The minimum atomic E-state index is -0.297. The Morgan fingerprint density at radius 2 is 1.89 bits per heavy atom. The van der Waals surface area contributed by atoms with Crippen LogP contribution in [-0.4, -0.2) is 11.3 Å². The van der Waals surface area contributed by atoms with Gasteiger partial charge in [0.2, 0.25) is 0 Å². The van der Waals surface area contributed by atoms with Crippen LogP contribution < -0.4 is 0 Å². The van der Waals surface area contributed by atoms with Gasteiger partial charge in [0.05, 0.1) is 9.26 Å². The summed E-state index contributed by atoms with van der Waals surface area (Å²) >= 11 is 5.40. The number of aromatic hydroxyl groups is 1. The highest BCUT2D eigenvalue weighted by Gasteiger charge is 2.05. The number of hydrogen-bond acceptors (Lipinski definition) is 2. The van der Waals surface area contributed by atoms with Gasteiger partial charge < -0.3 is 5.11 Å². The lowest BCUT2D eigenvalue weighted by molar-refractivity contribution is 0.470. The van der Waals surface area contributed by atoms with Crippen LogP contribution in [0.4, 0.5) is 10.1 Å². The van der Waals surface area contributed by atoms with Gasteiger partial charge in [0.25, 0.3) is 0 Å². The van der Waals surface area contributed by atoms with Crippen LogP contribution >= 0.6 is 38.5 Å². The van der Waals surface area contributed by atoms with Crippen LogP contribution in [0.25, 0.3) is 0 Å². The minimum Gasteiger partial charge on any atom is -0.506 e. The molecule has 0 aliphatic heterocycles. The number of hydrogen-bond donors (Lipinski definition) is 1. The van der Waals surface area contributed by atoms with E-state index in [1.807, 2.05) is 28.7 Å². The molecule has 0 atom stereocenters. The third kappa shape index (κ3) is 3.29. The SMILES string of the molecule is Oc1c(I)cc(Br)cc1C=Nc1ccc(F)cc1. The molecule has 2 rings (SSSR count). The van der Waals surface area contributed by atoms with Crippen LogP contribution in [0.5, 0.6) is 5.75 Å². The van der Waals surface area contributed by atoms with Crippen molar-refractivity contribution < 1.29 is 9.50 Å². The van der Waals surface area contributed by atoms with Crippen molar-refractivity contribution in [2.75, 3.05) is 0 Å². The lowest BCUT2D eigenvalue weighted by Crippen LogP contribution is -1.86. The molecular weight excluding hydrogens is 412 g/mol. The Hall–Kier alpha value is -0.950. The predicted molar refractivity (Wildman–Crippen MR) is 82.2 cm³/mol. The van der Waals surface area contributed by atoms with Crippen molar-refractivity contribution in [3.63, 3.8) is 0 Å². The number of rotatable bonds is 2. The van der Waals surface area contributed by atoms with Gasteiger partial charge in [-0.3, -0.25) is 4.99 Å². The Bertz CT molecular complexity index is 599. The van der Waals surface area contributed by atoms with Crippen molar-refractivity contribution in [2.24, 2.45) is 4.99 Å². The Balaban J connectivity index is 2.31. The van der Waals surface area contributed by atoms with Gasteiger partial charge in [0, 0.05) is 16.3 Å². The normalized spacial score (nSPS) is 11.1. The lowest BCUT2D eigenvalue weighted by atomic mass is 10.2. The fourth-order valence-electron chi connectivity index (χ4n) is 1.36. The molecule has 0 aromatic heterocycles. The first-order valence-corrected chi connectivity index (χ1v) is 6.91. The summed E-state index contributed by atoms with van der Waals surface area (Å²) in [4.78, 5) is 4.18. The second kappa shape index (κ2) is 5.79. The summed E-state index contributed by atoms with van der Waals surface area (Å²) in [7, 11) is 0. The average molecular weight is 420 g/mol. The molecule has 1 N–H and O–H groups in total. The van der Waals surface area contributed by atoms with Crippen molar-refractivity contribution in [1.29, 1.82) is 0 Å². The van der Waals surface area contributed by atoms with Gasteiger partial charge in [-0.2, -0.15) is 0 Å². The third-order valence-electron chi connectivity index (χ3n) is 2.24. The summed E-state index contributed by atoms with van der Waals surface area (Å²) in [5, 5.41) is 9.86. The maximum atomic E-state index is 12.7. The molecule has 0 radical (unpaired) electrons. The number of phenolic OH excluding ortho intramolecular Hbond substituents is 1. The van der Waals surface area contributed by atoms with Crippen molar-refractivity contribution in [3.8, 4) is 5.75 Å². The van der Waals surface area contributed by atoms with E-state index >= 15 is 0 Å². The maximum absolute atomic E-state index is 12.7. The molecule has 2 aromatic rings. The van der Waals surface area contributed by atoms with Gasteiger partial charge in [-0.05, 0) is 59.0 Å². The van der Waals surface area contributed by atoms with E-state index in [0.717, 1.165) is 8.04 Å². The van der Waals surface area contributed by atoms with Gasteiger partial charge in [0.1, 0.15) is 11.6 Å². The first kappa shape index (κ1) is 13.5. The number of halogens is 3. The van der Waals surface area contributed by atoms with Crippen LogP contribution in [0.1, 0.15) is 5.56 Å². The van der Waals surface area contributed by atoms with E-state index in [2.05, 4.69) is 20.9 Å². The molecule has 0 saturated heterocycles. The summed E-state index contributed by atoms with van der Waals surface area (Å²) in [6.45, 7) is 0. The van der Waals surface area contributed by atoms with Crippen LogP contribution in [0.15, 0.2) is 45.9 Å². The molecule has 0 bridgehead atoms. The fourth-order valence-corrected chi connectivity index (χ4v) is 2.91. The molecule has 0 spiro atoms. The zero-order chi connectivity index (χ0) is 13.1. The van der Waals surface area contributed by atoms with E-state index in [-0.39, 0.29) is 11.6 Å².